The van der Waals surface area contributed by atoms with Gasteiger partial charge in [0.1, 0.15) is 0 Å². The lowest BCUT2D eigenvalue weighted by molar-refractivity contribution is 0.0832. The molecule has 1 saturated carbocycles. The molecule has 104 valence electrons. The van der Waals surface area contributed by atoms with Crippen molar-refractivity contribution in [2.75, 3.05) is 26.2 Å². The minimum Gasteiger partial charge on any atom is -0.314 e. The summed E-state index contributed by atoms with van der Waals surface area (Å²) in [4.78, 5) is 2.77. The Labute approximate surface area is 113 Å². The quantitative estimate of drug-likeness (QED) is 0.828. The van der Waals surface area contributed by atoms with Gasteiger partial charge in [-0.05, 0) is 63.6 Å². The van der Waals surface area contributed by atoms with Crippen molar-refractivity contribution in [1.29, 1.82) is 0 Å². The minimum absolute atomic E-state index is 0.822. The van der Waals surface area contributed by atoms with E-state index in [-0.39, 0.29) is 0 Å². The average molecular weight is 250 g/mol. The van der Waals surface area contributed by atoms with Crippen molar-refractivity contribution >= 4 is 0 Å². The van der Waals surface area contributed by atoms with Crippen LogP contribution in [0.15, 0.2) is 0 Å². The van der Waals surface area contributed by atoms with E-state index < -0.39 is 0 Å². The lowest BCUT2D eigenvalue weighted by atomic mass is 9.75. The van der Waals surface area contributed by atoms with E-state index in [1.54, 1.807) is 0 Å². The van der Waals surface area contributed by atoms with E-state index in [1.165, 1.54) is 84.0 Å². The first kappa shape index (κ1) is 12.9. The fourth-order valence-electron chi connectivity index (χ4n) is 4.39. The summed E-state index contributed by atoms with van der Waals surface area (Å²) in [5.41, 5.74) is 0. The topological polar surface area (TPSA) is 15.3 Å². The third-order valence-electron chi connectivity index (χ3n) is 5.58. The van der Waals surface area contributed by atoms with E-state index in [9.17, 15) is 0 Å². The number of likely N-dealkylation sites (tertiary alicyclic amines) is 1. The third-order valence-corrected chi connectivity index (χ3v) is 5.58. The summed E-state index contributed by atoms with van der Waals surface area (Å²) >= 11 is 0. The standard InChI is InChI=1S/C16H30N2/c1-2-6-15-13-18(11-8-14(15)5-1)12-9-16-7-3-4-10-17-16/h14-17H,1-13H2. The molecular formula is C16H30N2. The first-order valence-electron chi connectivity index (χ1n) is 8.37. The Morgan fingerprint density at radius 1 is 0.889 bits per heavy atom. The number of nitrogens with one attached hydrogen (secondary N) is 1. The van der Waals surface area contributed by atoms with Crippen LogP contribution < -0.4 is 5.32 Å². The fourth-order valence-corrected chi connectivity index (χ4v) is 4.39. The lowest BCUT2D eigenvalue weighted by Gasteiger charge is -2.41. The summed E-state index contributed by atoms with van der Waals surface area (Å²) in [5.74, 6) is 2.13. The van der Waals surface area contributed by atoms with Crippen LogP contribution in [0, 0.1) is 11.8 Å². The van der Waals surface area contributed by atoms with Gasteiger partial charge in [-0.15, -0.1) is 0 Å². The number of rotatable bonds is 3. The van der Waals surface area contributed by atoms with Crippen molar-refractivity contribution in [1.82, 2.24) is 10.2 Å². The van der Waals surface area contributed by atoms with Crippen molar-refractivity contribution in [3.63, 3.8) is 0 Å². The second-order valence-corrected chi connectivity index (χ2v) is 6.83. The van der Waals surface area contributed by atoms with Crippen LogP contribution in [0.4, 0.5) is 0 Å². The maximum Gasteiger partial charge on any atom is 0.00792 e. The number of hydrogen-bond donors (Lipinski definition) is 1. The Bertz CT molecular complexity index is 247. The van der Waals surface area contributed by atoms with E-state index in [4.69, 9.17) is 0 Å². The van der Waals surface area contributed by atoms with Crippen molar-refractivity contribution < 1.29 is 0 Å². The van der Waals surface area contributed by atoms with Gasteiger partial charge >= 0.3 is 0 Å². The van der Waals surface area contributed by atoms with Crippen LogP contribution in [0.3, 0.4) is 0 Å². The maximum atomic E-state index is 3.69. The number of fused-ring (bicyclic) bond motifs is 1. The zero-order chi connectivity index (χ0) is 12.2. The van der Waals surface area contributed by atoms with Gasteiger partial charge in [-0.3, -0.25) is 0 Å². The highest BCUT2D eigenvalue weighted by Crippen LogP contribution is 2.36. The van der Waals surface area contributed by atoms with Crippen LogP contribution in [-0.2, 0) is 0 Å². The third kappa shape index (κ3) is 3.27. The second-order valence-electron chi connectivity index (χ2n) is 6.83. The molecular weight excluding hydrogens is 220 g/mol. The molecule has 0 spiro atoms. The van der Waals surface area contributed by atoms with Crippen LogP contribution >= 0.6 is 0 Å². The predicted octanol–water partition coefficient (Wildman–Crippen LogP) is 3.03. The molecule has 3 aliphatic rings. The largest absolute Gasteiger partial charge is 0.314 e. The Kier molecular flexibility index (Phi) is 4.58. The van der Waals surface area contributed by atoms with Gasteiger partial charge in [0.05, 0.1) is 0 Å². The molecule has 2 nitrogen and oxygen atoms in total. The first-order valence-corrected chi connectivity index (χ1v) is 8.37. The van der Waals surface area contributed by atoms with Crippen LogP contribution in [0.5, 0.6) is 0 Å². The Hall–Kier alpha value is -0.0800. The summed E-state index contributed by atoms with van der Waals surface area (Å²) in [6.07, 6.45) is 13.2. The molecule has 3 unspecified atom stereocenters. The monoisotopic (exact) mass is 250 g/mol. The molecule has 2 heteroatoms. The molecule has 1 aliphatic carbocycles. The molecule has 0 aromatic heterocycles. The fraction of sp³-hybridized carbons (Fsp3) is 1.00. The summed E-state index contributed by atoms with van der Waals surface area (Å²) < 4.78 is 0. The first-order chi connectivity index (χ1) is 8.92. The van der Waals surface area contributed by atoms with Gasteiger partial charge in [0.15, 0.2) is 0 Å². The number of piperidine rings is 2. The normalized spacial score (nSPS) is 38.3. The van der Waals surface area contributed by atoms with Gasteiger partial charge in [0, 0.05) is 12.6 Å². The molecule has 2 saturated heterocycles. The average Bonchev–Trinajstić information content (AvgIpc) is 2.46. The number of nitrogens with zero attached hydrogens (tertiary/aromatic N) is 1. The van der Waals surface area contributed by atoms with Gasteiger partial charge in [0.25, 0.3) is 0 Å². The van der Waals surface area contributed by atoms with Crippen molar-refractivity contribution in [2.24, 2.45) is 11.8 Å². The molecule has 18 heavy (non-hydrogen) atoms. The SMILES string of the molecule is C1CCC(CCN2CCC3CCCCC3C2)NC1. The molecule has 3 rings (SSSR count). The number of hydrogen-bond acceptors (Lipinski definition) is 2. The highest BCUT2D eigenvalue weighted by molar-refractivity contribution is 4.84. The second kappa shape index (κ2) is 6.38. The molecule has 1 N–H and O–H groups in total. The van der Waals surface area contributed by atoms with E-state index in [1.807, 2.05) is 0 Å². The van der Waals surface area contributed by atoms with Crippen LogP contribution in [0.1, 0.15) is 57.8 Å². The van der Waals surface area contributed by atoms with Crippen LogP contribution in [0.25, 0.3) is 0 Å². The molecule has 3 fully saturated rings. The lowest BCUT2D eigenvalue weighted by Crippen LogP contribution is -2.44. The van der Waals surface area contributed by atoms with Crippen molar-refractivity contribution in [2.45, 2.75) is 63.8 Å². The molecule has 3 atom stereocenters. The Morgan fingerprint density at radius 3 is 2.56 bits per heavy atom. The zero-order valence-electron chi connectivity index (χ0n) is 11.9. The Balaban J connectivity index is 1.40. The summed E-state index contributed by atoms with van der Waals surface area (Å²) in [7, 11) is 0. The van der Waals surface area contributed by atoms with Crippen LogP contribution in [-0.4, -0.2) is 37.1 Å². The van der Waals surface area contributed by atoms with E-state index in [0.717, 1.165) is 17.9 Å². The van der Waals surface area contributed by atoms with Gasteiger partial charge in [-0.1, -0.05) is 25.7 Å². The highest BCUT2D eigenvalue weighted by atomic mass is 15.1. The molecule has 0 aromatic carbocycles. The van der Waals surface area contributed by atoms with Crippen molar-refractivity contribution in [3.8, 4) is 0 Å². The zero-order valence-corrected chi connectivity index (χ0v) is 11.9. The van der Waals surface area contributed by atoms with Gasteiger partial charge < -0.3 is 10.2 Å². The molecule has 0 radical (unpaired) electrons. The van der Waals surface area contributed by atoms with Gasteiger partial charge in [0.2, 0.25) is 0 Å². The Morgan fingerprint density at radius 2 is 1.72 bits per heavy atom. The summed E-state index contributed by atoms with van der Waals surface area (Å²) in [5, 5.41) is 3.69. The highest BCUT2D eigenvalue weighted by Gasteiger charge is 2.30. The molecule has 0 aromatic rings. The van der Waals surface area contributed by atoms with E-state index >= 15 is 0 Å². The molecule has 2 heterocycles. The maximum absolute atomic E-state index is 3.69. The minimum atomic E-state index is 0.822. The summed E-state index contributed by atoms with van der Waals surface area (Å²) in [6.45, 7) is 5.40. The van der Waals surface area contributed by atoms with Crippen LogP contribution in [0.2, 0.25) is 0 Å². The van der Waals surface area contributed by atoms with Gasteiger partial charge in [-0.25, -0.2) is 0 Å². The predicted molar refractivity (Wildman–Crippen MR) is 76.8 cm³/mol. The van der Waals surface area contributed by atoms with E-state index in [0.29, 0.717) is 0 Å². The smallest absolute Gasteiger partial charge is 0.00792 e. The summed E-state index contributed by atoms with van der Waals surface area (Å²) in [6, 6.07) is 0.822. The van der Waals surface area contributed by atoms with Crippen molar-refractivity contribution in [3.05, 3.63) is 0 Å². The van der Waals surface area contributed by atoms with Gasteiger partial charge in [-0.2, -0.15) is 0 Å². The van der Waals surface area contributed by atoms with E-state index in [2.05, 4.69) is 10.2 Å². The molecule has 0 bridgehead atoms. The molecule has 0 amide bonds. The molecule has 2 aliphatic heterocycles.